The van der Waals surface area contributed by atoms with Crippen LogP contribution in [-0.2, 0) is 9.47 Å². The van der Waals surface area contributed by atoms with Crippen molar-refractivity contribution in [3.05, 3.63) is 0 Å². The quantitative estimate of drug-likeness (QED) is 0.540. The Morgan fingerprint density at radius 3 is 2.44 bits per heavy atom. The van der Waals surface area contributed by atoms with E-state index < -0.39 is 6.16 Å². The molecule has 0 aliphatic rings. The van der Waals surface area contributed by atoms with Crippen molar-refractivity contribution in [3.8, 4) is 0 Å². The fourth-order valence-electron chi connectivity index (χ4n) is 0.244. The summed E-state index contributed by atoms with van der Waals surface area (Å²) >= 11 is 0. The van der Waals surface area contributed by atoms with Crippen molar-refractivity contribution < 1.29 is 19.0 Å². The Bertz CT molecular complexity index is 74.6. The third-order valence-corrected chi connectivity index (χ3v) is 0.591. The van der Waals surface area contributed by atoms with Crippen molar-refractivity contribution >= 4 is 6.16 Å². The number of hydrogen-bond acceptors (Lipinski definition) is 3. The average molecular weight is 138 g/mol. The van der Waals surface area contributed by atoms with Crippen molar-refractivity contribution in [2.75, 3.05) is 13.7 Å². The molecule has 9 heavy (non-hydrogen) atoms. The van der Waals surface area contributed by atoms with Gasteiger partial charge in [0.1, 0.15) is 0 Å². The van der Waals surface area contributed by atoms with Gasteiger partial charge in [0.2, 0.25) is 0 Å². The number of carbonyl (C=O) groups excluding carboxylic acids is 1. The van der Waals surface area contributed by atoms with E-state index in [0.717, 1.165) is 6.42 Å². The predicted molar refractivity (Wildman–Crippen MR) is 31.2 cm³/mol. The summed E-state index contributed by atoms with van der Waals surface area (Å²) in [4.78, 5) is 10.1. The third-order valence-electron chi connectivity index (χ3n) is 0.591. The van der Waals surface area contributed by atoms with Crippen LogP contribution in [0, 0.1) is 0 Å². The van der Waals surface area contributed by atoms with Crippen LogP contribution in [0.1, 0.15) is 13.3 Å². The molecule has 0 saturated heterocycles. The lowest BCUT2D eigenvalue weighted by molar-refractivity contribution is 0.0728. The number of methoxy groups -OCH3 is 1. The molecule has 0 spiro atoms. The molecule has 56 valence electrons. The first-order valence-electron chi connectivity index (χ1n) is 2.52. The zero-order valence-corrected chi connectivity index (χ0v) is 5.55. The topological polar surface area (TPSA) is 35.5 Å². The van der Waals surface area contributed by atoms with E-state index in [2.05, 4.69) is 9.47 Å². The van der Waals surface area contributed by atoms with Crippen molar-refractivity contribution in [2.24, 2.45) is 0 Å². The van der Waals surface area contributed by atoms with Crippen molar-refractivity contribution in [2.45, 2.75) is 13.3 Å². The van der Waals surface area contributed by atoms with Crippen LogP contribution >= 0.6 is 0 Å². The van der Waals surface area contributed by atoms with Gasteiger partial charge in [0.15, 0.2) is 0 Å². The highest BCUT2D eigenvalue weighted by molar-refractivity contribution is 5.59. The van der Waals surface area contributed by atoms with Crippen LogP contribution < -0.4 is 0 Å². The van der Waals surface area contributed by atoms with Gasteiger partial charge in [-0.15, -0.1) is 0 Å². The second-order valence-electron chi connectivity index (χ2n) is 1.30. The van der Waals surface area contributed by atoms with Gasteiger partial charge in [-0.1, -0.05) is 6.92 Å². The third kappa shape index (κ3) is 7.20. The highest BCUT2D eigenvalue weighted by Gasteiger charge is 1.95. The first-order valence-corrected chi connectivity index (χ1v) is 2.52. The van der Waals surface area contributed by atoms with Crippen molar-refractivity contribution in [1.82, 2.24) is 0 Å². The van der Waals surface area contributed by atoms with Gasteiger partial charge in [0.05, 0.1) is 13.7 Å². The minimum atomic E-state index is -0.605. The molecule has 3 nitrogen and oxygen atoms in total. The molecule has 0 bridgehead atoms. The molecule has 0 amide bonds. The summed E-state index contributed by atoms with van der Waals surface area (Å²) in [5.74, 6) is 0. The van der Waals surface area contributed by atoms with Gasteiger partial charge in [-0.2, -0.15) is 0 Å². The summed E-state index contributed by atoms with van der Waals surface area (Å²) in [5.41, 5.74) is 0. The summed E-state index contributed by atoms with van der Waals surface area (Å²) < 4.78 is 8.67. The van der Waals surface area contributed by atoms with Crippen LogP contribution in [0.4, 0.5) is 9.50 Å². The van der Waals surface area contributed by atoms with E-state index >= 15 is 0 Å². The van der Waals surface area contributed by atoms with E-state index in [0.29, 0.717) is 6.61 Å². The van der Waals surface area contributed by atoms with Crippen LogP contribution in [0.2, 0.25) is 0 Å². The molecule has 0 unspecified atom stereocenters. The molecule has 0 aromatic heterocycles. The number of halogens is 1. The van der Waals surface area contributed by atoms with Crippen LogP contribution in [0.3, 0.4) is 0 Å². The fourth-order valence-corrected chi connectivity index (χ4v) is 0.244. The summed E-state index contributed by atoms with van der Waals surface area (Å²) in [7, 11) is 1.29. The van der Waals surface area contributed by atoms with Crippen LogP contribution in [0.5, 0.6) is 0 Å². The lowest BCUT2D eigenvalue weighted by Gasteiger charge is -1.97. The highest BCUT2D eigenvalue weighted by Crippen LogP contribution is 1.83. The number of rotatable bonds is 2. The molecule has 0 saturated carbocycles. The maximum absolute atomic E-state index is 10.1. The lowest BCUT2D eigenvalue weighted by atomic mass is 10.5. The maximum atomic E-state index is 10.1. The van der Waals surface area contributed by atoms with Crippen LogP contribution in [0.25, 0.3) is 0 Å². The van der Waals surface area contributed by atoms with E-state index in [1.807, 2.05) is 6.92 Å². The van der Waals surface area contributed by atoms with Crippen LogP contribution in [0.15, 0.2) is 0 Å². The van der Waals surface area contributed by atoms with E-state index in [1.165, 1.54) is 7.11 Å². The zero-order chi connectivity index (χ0) is 6.41. The number of ether oxygens (including phenoxy) is 2. The first kappa shape index (κ1) is 11.1. The summed E-state index contributed by atoms with van der Waals surface area (Å²) in [5, 5.41) is 0. The summed E-state index contributed by atoms with van der Waals surface area (Å²) in [6.45, 7) is 2.36. The minimum Gasteiger partial charge on any atom is -0.438 e. The second-order valence-corrected chi connectivity index (χ2v) is 1.30. The van der Waals surface area contributed by atoms with Crippen molar-refractivity contribution in [3.63, 3.8) is 0 Å². The first-order chi connectivity index (χ1) is 3.81. The molecule has 0 fully saturated rings. The Morgan fingerprint density at radius 2 is 2.11 bits per heavy atom. The molecule has 0 N–H and O–H groups in total. The van der Waals surface area contributed by atoms with Crippen LogP contribution in [-0.4, -0.2) is 19.9 Å². The Balaban J connectivity index is 0. The molecule has 0 aromatic rings. The summed E-state index contributed by atoms with van der Waals surface area (Å²) in [6.07, 6.45) is 0.224. The molecule has 0 aliphatic carbocycles. The van der Waals surface area contributed by atoms with Crippen molar-refractivity contribution in [1.29, 1.82) is 0 Å². The predicted octanol–water partition coefficient (Wildman–Crippen LogP) is 1.33. The van der Waals surface area contributed by atoms with Gasteiger partial charge in [-0.25, -0.2) is 4.79 Å². The second kappa shape index (κ2) is 7.20. The fraction of sp³-hybridized carbons (Fsp3) is 0.800. The maximum Gasteiger partial charge on any atom is 0.507 e. The zero-order valence-electron chi connectivity index (χ0n) is 5.55. The molecule has 4 heteroatoms. The standard InChI is InChI=1S/C5H10O3.FH/c1-3-4-8-5(6)7-2;/h3-4H2,1-2H3;1H. The Morgan fingerprint density at radius 1 is 1.56 bits per heavy atom. The lowest BCUT2D eigenvalue weighted by Crippen LogP contribution is -2.03. The van der Waals surface area contributed by atoms with E-state index in [9.17, 15) is 4.79 Å². The molecule has 0 radical (unpaired) electrons. The minimum absolute atomic E-state index is 0. The molecule has 0 heterocycles. The largest absolute Gasteiger partial charge is 0.507 e. The Hall–Kier alpha value is -0.800. The molecular formula is C5H11FO3. The van der Waals surface area contributed by atoms with Gasteiger partial charge < -0.3 is 9.47 Å². The SMILES string of the molecule is CCCOC(=O)OC.F. The number of hydrogen-bond donors (Lipinski definition) is 0. The van der Waals surface area contributed by atoms with E-state index in [4.69, 9.17) is 0 Å². The Labute approximate surface area is 53.3 Å². The molecule has 0 atom stereocenters. The van der Waals surface area contributed by atoms with Gasteiger partial charge in [0, 0.05) is 0 Å². The molecule has 0 aromatic carbocycles. The average Bonchev–Trinajstić information content (AvgIpc) is 1.83. The monoisotopic (exact) mass is 138 g/mol. The highest BCUT2D eigenvalue weighted by atomic mass is 19.0. The van der Waals surface area contributed by atoms with E-state index in [1.54, 1.807) is 0 Å². The van der Waals surface area contributed by atoms with E-state index in [-0.39, 0.29) is 4.70 Å². The Kier molecular flexibility index (Phi) is 8.85. The van der Waals surface area contributed by atoms with Gasteiger partial charge in [-0.05, 0) is 6.42 Å². The number of carbonyl (C=O) groups is 1. The van der Waals surface area contributed by atoms with Gasteiger partial charge in [0.25, 0.3) is 0 Å². The normalized spacial score (nSPS) is 7.33. The summed E-state index contributed by atoms with van der Waals surface area (Å²) in [6, 6.07) is 0. The molecule has 0 rings (SSSR count). The smallest absolute Gasteiger partial charge is 0.438 e. The van der Waals surface area contributed by atoms with Gasteiger partial charge >= 0.3 is 6.16 Å². The molecular weight excluding hydrogens is 127 g/mol. The molecule has 0 aliphatic heterocycles. The van der Waals surface area contributed by atoms with Gasteiger partial charge in [-0.3, -0.25) is 4.70 Å².